The number of aliphatic hydroxyl groups is 1. The molecule has 0 rings (SSSR count). The third kappa shape index (κ3) is 2.36. The summed E-state index contributed by atoms with van der Waals surface area (Å²) in [6, 6.07) is 0. The highest BCUT2D eigenvalue weighted by atomic mass is 19.4. The molecule has 0 radical (unpaired) electrons. The van der Waals surface area contributed by atoms with Gasteiger partial charge in [-0.3, -0.25) is 0 Å². The van der Waals surface area contributed by atoms with E-state index in [-0.39, 0.29) is 6.92 Å². The van der Waals surface area contributed by atoms with Crippen molar-refractivity contribution < 1.29 is 49.0 Å². The number of hydrogen-bond acceptors (Lipinski definition) is 1. The molecule has 11 heteroatoms. The van der Waals surface area contributed by atoms with Crippen LogP contribution in [-0.2, 0) is 0 Å². The summed E-state index contributed by atoms with van der Waals surface area (Å²) in [5.74, 6) is -32.4. The van der Waals surface area contributed by atoms with Crippen LogP contribution in [0.15, 0.2) is 0 Å². The predicted molar refractivity (Wildman–Crippen MR) is 42.1 cm³/mol. The molecule has 1 unspecified atom stereocenters. The first-order valence-corrected chi connectivity index (χ1v) is 4.51. The van der Waals surface area contributed by atoms with Crippen LogP contribution < -0.4 is 0 Å². The highest BCUT2D eigenvalue weighted by Crippen LogP contribution is 2.57. The molecule has 0 aliphatic heterocycles. The third-order valence-corrected chi connectivity index (χ3v) is 2.28. The largest absolute Gasteiger partial charge is 0.387 e. The summed E-state index contributed by atoms with van der Waals surface area (Å²) >= 11 is 0. The van der Waals surface area contributed by atoms with Gasteiger partial charge < -0.3 is 5.11 Å². The average Bonchev–Trinajstić information content (AvgIpc) is 2.14. The molecule has 0 heterocycles. The third-order valence-electron chi connectivity index (χ3n) is 2.28. The van der Waals surface area contributed by atoms with Crippen molar-refractivity contribution in [2.75, 3.05) is 0 Å². The Hall–Kier alpha value is -0.740. The second-order valence-corrected chi connectivity index (χ2v) is 3.91. The second-order valence-electron chi connectivity index (χ2n) is 3.91. The lowest BCUT2D eigenvalue weighted by molar-refractivity contribution is -0.407. The van der Waals surface area contributed by atoms with Crippen LogP contribution in [-0.4, -0.2) is 40.8 Å². The first-order valence-electron chi connectivity index (χ1n) is 4.51. The van der Waals surface area contributed by atoms with E-state index in [1.54, 1.807) is 0 Å². The molecule has 0 aromatic rings. The lowest BCUT2D eigenvalue weighted by Gasteiger charge is -2.39. The van der Waals surface area contributed by atoms with Crippen molar-refractivity contribution in [2.24, 2.45) is 0 Å². The Labute approximate surface area is 99.7 Å². The highest BCUT2D eigenvalue weighted by Gasteiger charge is 2.85. The van der Waals surface area contributed by atoms with E-state index in [1.165, 1.54) is 0 Å². The second kappa shape index (κ2) is 4.38. The lowest BCUT2D eigenvalue weighted by Crippen LogP contribution is -2.68. The van der Waals surface area contributed by atoms with Crippen molar-refractivity contribution in [3.05, 3.63) is 0 Å². The minimum absolute atomic E-state index is 0.0772. The van der Waals surface area contributed by atoms with Gasteiger partial charge in [0, 0.05) is 6.92 Å². The van der Waals surface area contributed by atoms with Gasteiger partial charge in [-0.25, -0.2) is 0 Å². The van der Waals surface area contributed by atoms with Crippen LogP contribution in [0.2, 0.25) is 0 Å². The minimum Gasteiger partial charge on any atom is -0.387 e. The fourth-order valence-corrected chi connectivity index (χ4v) is 0.944. The van der Waals surface area contributed by atoms with Crippen LogP contribution in [0.1, 0.15) is 13.8 Å². The van der Waals surface area contributed by atoms with E-state index in [9.17, 15) is 43.9 Å². The van der Waals surface area contributed by atoms with Crippen LogP contribution in [0.4, 0.5) is 43.9 Å². The number of halogens is 10. The zero-order valence-electron chi connectivity index (χ0n) is 9.30. The van der Waals surface area contributed by atoms with Gasteiger partial charge >= 0.3 is 29.6 Å². The molecule has 0 saturated carbocycles. The van der Waals surface area contributed by atoms with Crippen molar-refractivity contribution in [2.45, 2.75) is 49.6 Å². The van der Waals surface area contributed by atoms with Crippen LogP contribution in [0.25, 0.3) is 0 Å². The Bertz CT molecular complexity index is 329. The molecular formula is C8H8F10O. The molecule has 1 N–H and O–H groups in total. The predicted octanol–water partition coefficient (Wildman–Crippen LogP) is 3.56. The molecule has 116 valence electrons. The van der Waals surface area contributed by atoms with Crippen molar-refractivity contribution in [1.82, 2.24) is 0 Å². The standard InChI is InChI=1S/C8H8F10O/c1-3(19)5(11,12)7(15,16)8(17,18)6(13,14)4(2,9)10/h3,19H,1-2H3. The first kappa shape index (κ1) is 18.3. The quantitative estimate of drug-likeness (QED) is 0.770. The maximum absolute atomic E-state index is 12.8. The van der Waals surface area contributed by atoms with Crippen molar-refractivity contribution in [3.63, 3.8) is 0 Å². The van der Waals surface area contributed by atoms with E-state index < -0.39 is 42.6 Å². The van der Waals surface area contributed by atoms with Gasteiger partial charge in [0.1, 0.15) is 6.10 Å². The monoisotopic (exact) mass is 310 g/mol. The molecule has 0 aromatic heterocycles. The zero-order chi connectivity index (χ0) is 16.1. The van der Waals surface area contributed by atoms with Crippen molar-refractivity contribution >= 4 is 0 Å². The van der Waals surface area contributed by atoms with Crippen molar-refractivity contribution in [1.29, 1.82) is 0 Å². The Balaban J connectivity index is 5.92. The average molecular weight is 310 g/mol. The summed E-state index contributed by atoms with van der Waals surface area (Å²) < 4.78 is 126. The molecule has 0 fully saturated rings. The van der Waals surface area contributed by atoms with Crippen LogP contribution in [0.3, 0.4) is 0 Å². The van der Waals surface area contributed by atoms with Gasteiger partial charge in [-0.1, -0.05) is 0 Å². The maximum Gasteiger partial charge on any atom is 0.384 e. The van der Waals surface area contributed by atoms with E-state index in [2.05, 4.69) is 0 Å². The highest BCUT2D eigenvalue weighted by molar-refractivity contribution is 5.08. The van der Waals surface area contributed by atoms with Crippen LogP contribution in [0, 0.1) is 0 Å². The number of hydrogen-bond donors (Lipinski definition) is 1. The molecule has 1 nitrogen and oxygen atoms in total. The van der Waals surface area contributed by atoms with Gasteiger partial charge in [0.2, 0.25) is 0 Å². The summed E-state index contributed by atoms with van der Waals surface area (Å²) in [6.07, 6.45) is -3.46. The molecule has 19 heavy (non-hydrogen) atoms. The van der Waals surface area contributed by atoms with Gasteiger partial charge in [-0.15, -0.1) is 0 Å². The van der Waals surface area contributed by atoms with Gasteiger partial charge in [0.15, 0.2) is 0 Å². The smallest absolute Gasteiger partial charge is 0.384 e. The Kier molecular flexibility index (Phi) is 4.21. The van der Waals surface area contributed by atoms with Gasteiger partial charge in [-0.2, -0.15) is 43.9 Å². The Morgan fingerprint density at radius 3 is 1.21 bits per heavy atom. The number of rotatable bonds is 5. The Morgan fingerprint density at radius 2 is 1.00 bits per heavy atom. The van der Waals surface area contributed by atoms with Gasteiger partial charge in [0.25, 0.3) is 0 Å². The normalized spacial score (nSPS) is 17.5. The van der Waals surface area contributed by atoms with Crippen LogP contribution in [0.5, 0.6) is 0 Å². The topological polar surface area (TPSA) is 20.2 Å². The fraction of sp³-hybridized carbons (Fsp3) is 1.00. The number of aliphatic hydroxyl groups excluding tert-OH is 1. The summed E-state index contributed by atoms with van der Waals surface area (Å²) in [5.41, 5.74) is 0. The molecule has 0 aliphatic carbocycles. The maximum atomic E-state index is 12.8. The summed E-state index contributed by atoms with van der Waals surface area (Å²) in [7, 11) is 0. The van der Waals surface area contributed by atoms with Crippen molar-refractivity contribution in [3.8, 4) is 0 Å². The lowest BCUT2D eigenvalue weighted by atomic mass is 9.93. The molecule has 0 amide bonds. The van der Waals surface area contributed by atoms with E-state index in [0.29, 0.717) is 0 Å². The summed E-state index contributed by atoms with van der Waals surface area (Å²) in [5, 5.41) is 8.25. The molecule has 0 bridgehead atoms. The summed E-state index contributed by atoms with van der Waals surface area (Å²) in [6.45, 7) is -0.899. The molecule has 0 aromatic carbocycles. The van der Waals surface area contributed by atoms with E-state index >= 15 is 0 Å². The SMILES string of the molecule is CC(O)C(F)(F)C(F)(F)C(F)(F)C(F)(F)C(C)(F)F. The molecule has 0 saturated heterocycles. The molecule has 0 spiro atoms. The molecule has 0 aliphatic rings. The van der Waals surface area contributed by atoms with Crippen LogP contribution >= 0.6 is 0 Å². The first-order chi connectivity index (χ1) is 7.94. The zero-order valence-corrected chi connectivity index (χ0v) is 9.30. The Morgan fingerprint density at radius 1 is 0.684 bits per heavy atom. The minimum atomic E-state index is -7.08. The molecule has 1 atom stereocenters. The van der Waals surface area contributed by atoms with Gasteiger partial charge in [0.05, 0.1) is 0 Å². The van der Waals surface area contributed by atoms with E-state index in [0.717, 1.165) is 0 Å². The number of alkyl halides is 10. The van der Waals surface area contributed by atoms with Gasteiger partial charge in [-0.05, 0) is 6.92 Å². The molecular weight excluding hydrogens is 302 g/mol. The summed E-state index contributed by atoms with van der Waals surface area (Å²) in [4.78, 5) is 0. The fourth-order valence-electron chi connectivity index (χ4n) is 0.944. The van der Waals surface area contributed by atoms with E-state index in [1.807, 2.05) is 0 Å². The van der Waals surface area contributed by atoms with E-state index in [4.69, 9.17) is 5.11 Å².